The van der Waals surface area contributed by atoms with Crippen LogP contribution in [0.3, 0.4) is 0 Å². The van der Waals surface area contributed by atoms with E-state index in [0.717, 1.165) is 52.0 Å². The van der Waals surface area contributed by atoms with E-state index < -0.39 is 17.9 Å². The number of carboxylic acids is 1. The highest BCUT2D eigenvalue weighted by molar-refractivity contribution is 5.99. The van der Waals surface area contributed by atoms with Crippen molar-refractivity contribution >= 4 is 33.9 Å². The van der Waals surface area contributed by atoms with E-state index in [9.17, 15) is 9.59 Å². The van der Waals surface area contributed by atoms with Crippen LogP contribution in [0.2, 0.25) is 0 Å². The molecule has 196 valence electrons. The molecule has 8 nitrogen and oxygen atoms in total. The molecule has 2 N–H and O–H groups in total. The third-order valence-electron chi connectivity index (χ3n) is 7.48. The van der Waals surface area contributed by atoms with E-state index >= 15 is 0 Å². The number of imidazole rings is 1. The summed E-state index contributed by atoms with van der Waals surface area (Å²) in [4.78, 5) is 38.5. The highest BCUT2D eigenvalue weighted by Gasteiger charge is 2.24. The van der Waals surface area contributed by atoms with E-state index in [1.807, 2.05) is 54.6 Å². The maximum atomic E-state index is 12.7. The van der Waals surface area contributed by atoms with Gasteiger partial charge in [-0.15, -0.1) is 0 Å². The summed E-state index contributed by atoms with van der Waals surface area (Å²) in [5.41, 5.74) is 6.44. The normalized spacial score (nSPS) is 14.9. The molecule has 2 aromatic heterocycles. The molecule has 1 saturated carbocycles. The number of aliphatic carboxylic acids is 1. The molecular weight excluding hydrogens is 490 g/mol. The molecule has 1 unspecified atom stereocenters. The molecule has 1 aliphatic carbocycles. The van der Waals surface area contributed by atoms with E-state index in [2.05, 4.69) is 9.88 Å². The first-order valence-corrected chi connectivity index (χ1v) is 13.4. The van der Waals surface area contributed by atoms with Gasteiger partial charge in [-0.1, -0.05) is 49.6 Å². The molecule has 39 heavy (non-hydrogen) atoms. The average molecular weight is 520 g/mol. The number of hydrogen-bond donors (Lipinski definition) is 2. The van der Waals surface area contributed by atoms with Crippen LogP contribution in [0.15, 0.2) is 72.9 Å². The Labute approximate surface area is 225 Å². The van der Waals surface area contributed by atoms with Crippen LogP contribution in [-0.2, 0) is 4.79 Å². The molecule has 1 aliphatic rings. The van der Waals surface area contributed by atoms with E-state index in [1.54, 1.807) is 18.3 Å². The predicted octanol–water partition coefficient (Wildman–Crippen LogP) is 6.02. The van der Waals surface area contributed by atoms with Crippen LogP contribution in [0, 0.1) is 0 Å². The number of fused-ring (bicyclic) bond motifs is 2. The summed E-state index contributed by atoms with van der Waals surface area (Å²) in [5.74, 6) is -0.677. The van der Waals surface area contributed by atoms with Crippen LogP contribution in [0.5, 0.6) is 0 Å². The Morgan fingerprint density at radius 1 is 0.897 bits per heavy atom. The first-order valence-electron chi connectivity index (χ1n) is 13.4. The molecule has 8 heteroatoms. The first-order chi connectivity index (χ1) is 19.0. The van der Waals surface area contributed by atoms with Crippen molar-refractivity contribution in [2.24, 2.45) is 0 Å². The third-order valence-corrected chi connectivity index (χ3v) is 7.48. The van der Waals surface area contributed by atoms with Gasteiger partial charge in [0.1, 0.15) is 11.9 Å². The predicted molar refractivity (Wildman–Crippen MR) is 150 cm³/mol. The van der Waals surface area contributed by atoms with Crippen molar-refractivity contribution in [1.29, 1.82) is 0 Å². The number of nitrogens with zero attached hydrogens (tertiary/aromatic N) is 4. The zero-order valence-electron chi connectivity index (χ0n) is 21.7. The molecule has 2 heterocycles. The van der Waals surface area contributed by atoms with E-state index in [4.69, 9.17) is 20.1 Å². The van der Waals surface area contributed by atoms with Gasteiger partial charge in [0.2, 0.25) is 0 Å². The number of carboxylic acid groups (broad SMARTS) is 1. The zero-order valence-corrected chi connectivity index (χ0v) is 21.7. The lowest BCUT2D eigenvalue weighted by atomic mass is 9.94. The van der Waals surface area contributed by atoms with E-state index in [1.165, 1.54) is 26.2 Å². The second kappa shape index (κ2) is 10.3. The average Bonchev–Trinajstić information content (AvgIpc) is 3.36. The molecule has 0 radical (unpaired) electrons. The number of nitrogens with one attached hydrogen (secondary N) is 1. The number of hydrogen-bond acceptors (Lipinski definition) is 5. The summed E-state index contributed by atoms with van der Waals surface area (Å²) < 4.78 is 2.31. The summed E-state index contributed by atoms with van der Waals surface area (Å²) >= 11 is 0. The lowest BCUT2D eigenvalue weighted by Gasteiger charge is -2.25. The Balaban J connectivity index is 1.42. The van der Waals surface area contributed by atoms with Crippen molar-refractivity contribution in [2.45, 2.75) is 51.1 Å². The molecule has 1 amide bonds. The zero-order chi connectivity index (χ0) is 26.9. The Kier molecular flexibility index (Phi) is 6.52. The smallest absolute Gasteiger partial charge is 0.325 e. The number of benzene rings is 3. The van der Waals surface area contributed by atoms with Gasteiger partial charge in [-0.25, -0.2) is 9.97 Å². The monoisotopic (exact) mass is 519 g/mol. The fourth-order valence-electron chi connectivity index (χ4n) is 5.39. The van der Waals surface area contributed by atoms with Gasteiger partial charge < -0.3 is 15.0 Å². The van der Waals surface area contributed by atoms with Gasteiger partial charge in [-0.2, -0.15) is 0 Å². The standard InChI is InChI=1S/C31H29N5O3/c1-19(31(38)39)33-30(37)22-13-15-28-26(17-22)35-29(36(28)23-10-6-3-7-11-23)21-12-14-24-25(16-21)32-18-27(34-24)20-8-4-2-5-9-20/h2,4-5,8-9,12-19,23H,3,6-7,10-11H2,1H3,(H,33,37)(H,38,39). The fourth-order valence-corrected chi connectivity index (χ4v) is 5.39. The van der Waals surface area contributed by atoms with E-state index in [0.29, 0.717) is 17.1 Å². The second-order valence-electron chi connectivity index (χ2n) is 10.2. The molecule has 5 aromatic rings. The minimum absolute atomic E-state index is 0.313. The molecule has 0 spiro atoms. The molecule has 1 atom stereocenters. The number of rotatable bonds is 6. The Bertz CT molecular complexity index is 1690. The van der Waals surface area contributed by atoms with Crippen molar-refractivity contribution in [3.8, 4) is 22.6 Å². The summed E-state index contributed by atoms with van der Waals surface area (Å²) in [6, 6.07) is 20.8. The highest BCUT2D eigenvalue weighted by atomic mass is 16.4. The van der Waals surface area contributed by atoms with Crippen LogP contribution in [0.25, 0.3) is 44.7 Å². The Hall–Kier alpha value is -4.59. The topological polar surface area (TPSA) is 110 Å². The third kappa shape index (κ3) is 4.85. The van der Waals surface area contributed by atoms with Crippen LogP contribution >= 0.6 is 0 Å². The molecule has 6 rings (SSSR count). The van der Waals surface area contributed by atoms with Gasteiger partial charge in [0.05, 0.1) is 34.0 Å². The van der Waals surface area contributed by atoms with Gasteiger partial charge >= 0.3 is 5.97 Å². The summed E-state index contributed by atoms with van der Waals surface area (Å²) in [7, 11) is 0. The fraction of sp³-hybridized carbons (Fsp3) is 0.258. The van der Waals surface area contributed by atoms with Crippen molar-refractivity contribution in [3.63, 3.8) is 0 Å². The second-order valence-corrected chi connectivity index (χ2v) is 10.2. The molecule has 3 aromatic carbocycles. The molecule has 0 saturated heterocycles. The summed E-state index contributed by atoms with van der Waals surface area (Å²) in [6.45, 7) is 1.44. The SMILES string of the molecule is CC(NC(=O)c1ccc2c(c1)nc(-c1ccc3nc(-c4ccccc4)cnc3c1)n2C1CCCCC1)C(=O)O. The van der Waals surface area contributed by atoms with Gasteiger partial charge in [-0.05, 0) is 56.2 Å². The lowest BCUT2D eigenvalue weighted by molar-refractivity contribution is -0.138. The van der Waals surface area contributed by atoms with Crippen molar-refractivity contribution < 1.29 is 14.7 Å². The van der Waals surface area contributed by atoms with Crippen LogP contribution in [0.4, 0.5) is 0 Å². The maximum Gasteiger partial charge on any atom is 0.325 e. The Morgan fingerprint density at radius 2 is 1.69 bits per heavy atom. The molecule has 0 aliphatic heterocycles. The van der Waals surface area contributed by atoms with Gasteiger partial charge in [-0.3, -0.25) is 14.6 Å². The maximum absolute atomic E-state index is 12.7. The summed E-state index contributed by atoms with van der Waals surface area (Å²) in [5, 5.41) is 11.7. The number of aromatic nitrogens is 4. The van der Waals surface area contributed by atoms with Crippen LogP contribution in [-0.4, -0.2) is 42.5 Å². The highest BCUT2D eigenvalue weighted by Crippen LogP contribution is 2.36. The number of carbonyl (C=O) groups excluding carboxylic acids is 1. The lowest BCUT2D eigenvalue weighted by Crippen LogP contribution is -2.38. The summed E-state index contributed by atoms with van der Waals surface area (Å²) in [6.07, 6.45) is 7.52. The van der Waals surface area contributed by atoms with Gasteiger partial charge in [0.15, 0.2) is 0 Å². The van der Waals surface area contributed by atoms with Crippen LogP contribution in [0.1, 0.15) is 55.4 Å². The van der Waals surface area contributed by atoms with Crippen molar-refractivity contribution in [1.82, 2.24) is 24.8 Å². The number of carbonyl (C=O) groups is 2. The van der Waals surface area contributed by atoms with Crippen molar-refractivity contribution in [2.75, 3.05) is 0 Å². The molecule has 0 bridgehead atoms. The quantitative estimate of drug-likeness (QED) is 0.284. The first kappa shape index (κ1) is 24.7. The molecule has 1 fully saturated rings. The number of amides is 1. The van der Waals surface area contributed by atoms with Crippen LogP contribution < -0.4 is 5.32 Å². The van der Waals surface area contributed by atoms with E-state index in [-0.39, 0.29) is 0 Å². The molecular formula is C31H29N5O3. The Morgan fingerprint density at radius 3 is 2.46 bits per heavy atom. The minimum Gasteiger partial charge on any atom is -0.480 e. The largest absolute Gasteiger partial charge is 0.480 e. The van der Waals surface area contributed by atoms with Gasteiger partial charge in [0, 0.05) is 22.7 Å². The van der Waals surface area contributed by atoms with Crippen molar-refractivity contribution in [3.05, 3.63) is 78.5 Å². The minimum atomic E-state index is -1.08. The van der Waals surface area contributed by atoms with Gasteiger partial charge in [0.25, 0.3) is 5.91 Å².